The van der Waals surface area contributed by atoms with E-state index in [0.717, 1.165) is 16.9 Å². The maximum Gasteiger partial charge on any atom is 0.0942 e. The Morgan fingerprint density at radius 1 is 0.846 bits per heavy atom. The molecule has 26 heavy (non-hydrogen) atoms. The molecule has 0 radical (unpaired) electrons. The maximum atomic E-state index is 10.3. The zero-order chi connectivity index (χ0) is 17.5. The topological polar surface area (TPSA) is 33.1 Å². The number of aromatic nitrogens is 1. The van der Waals surface area contributed by atoms with E-state index >= 15 is 0 Å². The predicted molar refractivity (Wildman–Crippen MR) is 108 cm³/mol. The van der Waals surface area contributed by atoms with Gasteiger partial charge in [0.05, 0.1) is 15.2 Å². The number of hydrogen-bond donors (Lipinski definition) is 1. The summed E-state index contributed by atoms with van der Waals surface area (Å²) >= 11 is 1.74. The number of para-hydroxylation sites is 1. The lowest BCUT2D eigenvalue weighted by Gasteiger charge is -2.23. The van der Waals surface area contributed by atoms with Crippen LogP contribution in [0, 0.1) is 5.92 Å². The van der Waals surface area contributed by atoms with Crippen LogP contribution in [0.4, 0.5) is 0 Å². The standard InChI is InChI=1S/C23H19NOS/c25-14-15(13-22-24-20-11-5-6-12-21(20)26-22)23-18-9-3-1-7-16(18)17-8-2-4-10-19(17)23/h1-12,15,23,25H,13-14H2. The Bertz CT molecular complexity index is 1010. The van der Waals surface area contributed by atoms with Crippen LogP contribution in [0.15, 0.2) is 72.8 Å². The van der Waals surface area contributed by atoms with Crippen LogP contribution in [0.2, 0.25) is 0 Å². The van der Waals surface area contributed by atoms with Crippen molar-refractivity contribution in [1.29, 1.82) is 0 Å². The SMILES string of the molecule is OCC(Cc1nc2ccccc2s1)C1c2ccccc2-c2ccccc21. The van der Waals surface area contributed by atoms with E-state index in [-0.39, 0.29) is 18.4 Å². The fourth-order valence-corrected chi connectivity index (χ4v) is 5.28. The number of aliphatic hydroxyl groups excluding tert-OH is 1. The highest BCUT2D eigenvalue weighted by Gasteiger charge is 2.34. The van der Waals surface area contributed by atoms with Crippen LogP contribution in [0.1, 0.15) is 22.1 Å². The van der Waals surface area contributed by atoms with Crippen molar-refractivity contribution in [1.82, 2.24) is 4.98 Å². The molecule has 1 aromatic heterocycles. The summed E-state index contributed by atoms with van der Waals surface area (Å²) in [6.07, 6.45) is 0.795. The zero-order valence-electron chi connectivity index (χ0n) is 14.3. The van der Waals surface area contributed by atoms with Gasteiger partial charge in [0, 0.05) is 18.9 Å². The number of nitrogens with zero attached hydrogens (tertiary/aromatic N) is 1. The van der Waals surface area contributed by atoms with Crippen molar-refractivity contribution < 1.29 is 5.11 Å². The number of fused-ring (bicyclic) bond motifs is 4. The molecule has 1 atom stereocenters. The third-order valence-electron chi connectivity index (χ3n) is 5.36. The summed E-state index contributed by atoms with van der Waals surface area (Å²) < 4.78 is 1.21. The van der Waals surface area contributed by atoms with Gasteiger partial charge in [0.1, 0.15) is 0 Å². The molecular formula is C23H19NOS. The van der Waals surface area contributed by atoms with Crippen LogP contribution in [-0.4, -0.2) is 16.7 Å². The van der Waals surface area contributed by atoms with E-state index in [2.05, 4.69) is 66.7 Å². The van der Waals surface area contributed by atoms with Gasteiger partial charge in [-0.25, -0.2) is 4.98 Å². The number of aliphatic hydroxyl groups is 1. The van der Waals surface area contributed by atoms with Crippen LogP contribution in [0.3, 0.4) is 0 Å². The summed E-state index contributed by atoms with van der Waals surface area (Å²) in [5.74, 6) is 0.347. The fraction of sp³-hybridized carbons (Fsp3) is 0.174. The molecule has 0 amide bonds. The van der Waals surface area contributed by atoms with E-state index in [9.17, 15) is 5.11 Å². The van der Waals surface area contributed by atoms with Crippen molar-refractivity contribution in [3.63, 3.8) is 0 Å². The minimum Gasteiger partial charge on any atom is -0.396 e. The molecule has 3 aromatic carbocycles. The zero-order valence-corrected chi connectivity index (χ0v) is 15.1. The highest BCUT2D eigenvalue weighted by Crippen LogP contribution is 2.48. The van der Waals surface area contributed by atoms with E-state index in [4.69, 9.17) is 4.98 Å². The number of thiazole rings is 1. The molecular weight excluding hydrogens is 338 g/mol. The van der Waals surface area contributed by atoms with Gasteiger partial charge in [0.2, 0.25) is 0 Å². The lowest BCUT2D eigenvalue weighted by Crippen LogP contribution is -2.19. The molecule has 1 N–H and O–H groups in total. The Labute approximate surface area is 156 Å². The normalized spacial score (nSPS) is 14.3. The van der Waals surface area contributed by atoms with Gasteiger partial charge in [-0.15, -0.1) is 11.3 Å². The highest BCUT2D eigenvalue weighted by molar-refractivity contribution is 7.18. The fourth-order valence-electron chi connectivity index (χ4n) is 4.22. The van der Waals surface area contributed by atoms with E-state index in [0.29, 0.717) is 0 Å². The van der Waals surface area contributed by atoms with Gasteiger partial charge in [0.25, 0.3) is 0 Å². The first kappa shape index (κ1) is 15.7. The Balaban J connectivity index is 1.56. The average molecular weight is 357 g/mol. The second-order valence-electron chi connectivity index (χ2n) is 6.87. The van der Waals surface area contributed by atoms with Crippen molar-refractivity contribution in [3.8, 4) is 11.1 Å². The minimum atomic E-state index is 0.125. The smallest absolute Gasteiger partial charge is 0.0942 e. The maximum absolute atomic E-state index is 10.3. The molecule has 0 spiro atoms. The van der Waals surface area contributed by atoms with Gasteiger partial charge in [-0.3, -0.25) is 0 Å². The molecule has 5 rings (SSSR count). The highest BCUT2D eigenvalue weighted by atomic mass is 32.1. The van der Waals surface area contributed by atoms with Gasteiger partial charge < -0.3 is 5.11 Å². The van der Waals surface area contributed by atoms with Crippen LogP contribution in [-0.2, 0) is 6.42 Å². The Hall–Kier alpha value is -2.49. The van der Waals surface area contributed by atoms with Crippen molar-refractivity contribution in [2.45, 2.75) is 12.3 Å². The van der Waals surface area contributed by atoms with Gasteiger partial charge in [-0.05, 0) is 40.3 Å². The quantitative estimate of drug-likeness (QED) is 0.540. The van der Waals surface area contributed by atoms with Crippen molar-refractivity contribution in [2.75, 3.05) is 6.61 Å². The molecule has 1 aliphatic rings. The molecule has 0 saturated carbocycles. The van der Waals surface area contributed by atoms with Gasteiger partial charge in [-0.1, -0.05) is 60.7 Å². The lowest BCUT2D eigenvalue weighted by molar-refractivity contribution is 0.213. The van der Waals surface area contributed by atoms with Gasteiger partial charge >= 0.3 is 0 Å². The summed E-state index contributed by atoms with van der Waals surface area (Å²) in [5.41, 5.74) is 6.31. The van der Waals surface area contributed by atoms with Crippen LogP contribution < -0.4 is 0 Å². The Morgan fingerprint density at radius 2 is 1.46 bits per heavy atom. The van der Waals surface area contributed by atoms with Crippen LogP contribution in [0.25, 0.3) is 21.3 Å². The van der Waals surface area contributed by atoms with Gasteiger partial charge in [0.15, 0.2) is 0 Å². The Morgan fingerprint density at radius 3 is 2.12 bits per heavy atom. The molecule has 0 bridgehead atoms. The molecule has 3 heteroatoms. The largest absolute Gasteiger partial charge is 0.396 e. The molecule has 0 aliphatic heterocycles. The summed E-state index contributed by atoms with van der Waals surface area (Å²) in [6.45, 7) is 0.156. The van der Waals surface area contributed by atoms with Crippen molar-refractivity contribution in [2.24, 2.45) is 5.92 Å². The van der Waals surface area contributed by atoms with Gasteiger partial charge in [-0.2, -0.15) is 0 Å². The third-order valence-corrected chi connectivity index (χ3v) is 6.42. The second-order valence-corrected chi connectivity index (χ2v) is 7.99. The van der Waals surface area contributed by atoms with E-state index in [1.54, 1.807) is 11.3 Å². The summed E-state index contributed by atoms with van der Waals surface area (Å²) in [4.78, 5) is 4.79. The van der Waals surface area contributed by atoms with E-state index < -0.39 is 0 Å². The molecule has 1 unspecified atom stereocenters. The first-order chi connectivity index (χ1) is 12.8. The number of rotatable bonds is 4. The molecule has 1 aliphatic carbocycles. The molecule has 0 saturated heterocycles. The summed E-state index contributed by atoms with van der Waals surface area (Å²) in [7, 11) is 0. The first-order valence-corrected chi connectivity index (χ1v) is 9.80. The summed E-state index contributed by atoms with van der Waals surface area (Å²) in [5, 5.41) is 11.4. The second kappa shape index (κ2) is 6.35. The number of hydrogen-bond acceptors (Lipinski definition) is 3. The molecule has 4 aromatic rings. The predicted octanol–water partition coefficient (Wildman–Crippen LogP) is 5.26. The monoisotopic (exact) mass is 357 g/mol. The van der Waals surface area contributed by atoms with Crippen molar-refractivity contribution in [3.05, 3.63) is 88.9 Å². The van der Waals surface area contributed by atoms with Crippen molar-refractivity contribution >= 4 is 21.6 Å². The Kier molecular flexibility index (Phi) is 3.84. The molecule has 2 nitrogen and oxygen atoms in total. The summed E-state index contributed by atoms with van der Waals surface area (Å²) in [6, 6.07) is 25.5. The first-order valence-electron chi connectivity index (χ1n) is 8.98. The van der Waals surface area contributed by atoms with Crippen LogP contribution in [0.5, 0.6) is 0 Å². The van der Waals surface area contributed by atoms with Crippen LogP contribution >= 0.6 is 11.3 Å². The third kappa shape index (κ3) is 2.47. The lowest BCUT2D eigenvalue weighted by atomic mass is 9.83. The molecule has 0 fully saturated rings. The van der Waals surface area contributed by atoms with E-state index in [1.807, 2.05) is 6.07 Å². The average Bonchev–Trinajstić information content (AvgIpc) is 3.25. The number of benzene rings is 3. The van der Waals surface area contributed by atoms with E-state index in [1.165, 1.54) is 27.0 Å². The molecule has 1 heterocycles. The minimum absolute atomic E-state index is 0.125. The molecule has 128 valence electrons.